The summed E-state index contributed by atoms with van der Waals surface area (Å²) in [4.78, 5) is 13.1. The third-order valence-electron chi connectivity index (χ3n) is 5.41. The van der Waals surface area contributed by atoms with Crippen LogP contribution in [0.5, 0.6) is 11.5 Å². The fraction of sp³-hybridized carbons (Fsp3) is 0.708. The first-order valence-corrected chi connectivity index (χ1v) is 15.2. The molecule has 33 heavy (non-hydrogen) atoms. The summed E-state index contributed by atoms with van der Waals surface area (Å²) in [7, 11) is 1.76. The molecular weight excluding hydrogens is 444 g/mol. The van der Waals surface area contributed by atoms with E-state index in [0.29, 0.717) is 42.9 Å². The first-order chi connectivity index (χ1) is 15.5. The number of hydrogen-bond acceptors (Lipinski definition) is 8. The lowest BCUT2D eigenvalue weighted by atomic mass is 9.98. The van der Waals surface area contributed by atoms with Crippen molar-refractivity contribution >= 4 is 14.0 Å². The first kappa shape index (κ1) is 27.6. The Morgan fingerprint density at radius 1 is 1.15 bits per heavy atom. The number of carbonyl (C=O) groups excluding carboxylic acids is 1. The molecule has 8 nitrogen and oxygen atoms in total. The molecule has 9 heteroatoms. The van der Waals surface area contributed by atoms with Gasteiger partial charge in [0.15, 0.2) is 12.6 Å². The van der Waals surface area contributed by atoms with E-state index >= 15 is 0 Å². The number of carbonyl (C=O) groups is 1. The molecule has 2 atom stereocenters. The van der Waals surface area contributed by atoms with Crippen molar-refractivity contribution in [3.63, 3.8) is 0 Å². The summed E-state index contributed by atoms with van der Waals surface area (Å²) in [6.07, 6.45) is 1.39. The smallest absolute Gasteiger partial charge is 0.342 e. The Bertz CT molecular complexity index is 774. The van der Waals surface area contributed by atoms with Crippen LogP contribution in [0.25, 0.3) is 0 Å². The van der Waals surface area contributed by atoms with E-state index in [1.807, 2.05) is 19.9 Å². The number of ether oxygens (including phenoxy) is 6. The van der Waals surface area contributed by atoms with Gasteiger partial charge in [-0.3, -0.25) is 0 Å². The molecule has 0 aliphatic carbocycles. The lowest BCUT2D eigenvalue weighted by Gasteiger charge is -2.19. The van der Waals surface area contributed by atoms with Crippen LogP contribution in [0.1, 0.15) is 42.6 Å². The maximum absolute atomic E-state index is 13.1. The van der Waals surface area contributed by atoms with E-state index in [9.17, 15) is 9.90 Å². The van der Waals surface area contributed by atoms with Crippen LogP contribution in [-0.2, 0) is 25.4 Å². The fourth-order valence-corrected chi connectivity index (χ4v) is 4.47. The lowest BCUT2D eigenvalue weighted by molar-refractivity contribution is -0.149. The molecule has 0 amide bonds. The van der Waals surface area contributed by atoms with Crippen LogP contribution in [0.4, 0.5) is 0 Å². The van der Waals surface area contributed by atoms with Gasteiger partial charge in [-0.1, -0.05) is 19.6 Å². The topological polar surface area (TPSA) is 92.7 Å². The zero-order chi connectivity index (χ0) is 24.6. The third kappa shape index (κ3) is 8.57. The molecular formula is C24H40O8Si. The molecule has 1 aromatic carbocycles. The molecule has 0 aromatic heterocycles. The van der Waals surface area contributed by atoms with Crippen LogP contribution in [0.2, 0.25) is 25.7 Å². The second-order valence-corrected chi connectivity index (χ2v) is 15.6. The van der Waals surface area contributed by atoms with Crippen molar-refractivity contribution in [2.24, 2.45) is 0 Å². The van der Waals surface area contributed by atoms with Crippen molar-refractivity contribution in [2.45, 2.75) is 76.8 Å². The molecule has 1 aliphatic heterocycles. The van der Waals surface area contributed by atoms with Gasteiger partial charge in [-0.25, -0.2) is 4.79 Å². The van der Waals surface area contributed by atoms with E-state index in [0.717, 1.165) is 11.6 Å². The second-order valence-electron chi connectivity index (χ2n) is 9.94. The van der Waals surface area contributed by atoms with Gasteiger partial charge in [0.1, 0.15) is 23.2 Å². The van der Waals surface area contributed by atoms with Crippen LogP contribution in [0.3, 0.4) is 0 Å². The molecule has 1 N–H and O–H groups in total. The van der Waals surface area contributed by atoms with Gasteiger partial charge in [0.25, 0.3) is 0 Å². The minimum Gasteiger partial charge on any atom is -0.497 e. The molecule has 1 aromatic rings. The number of aliphatic hydroxyl groups excluding tert-OH is 1. The van der Waals surface area contributed by atoms with E-state index in [1.54, 1.807) is 13.2 Å². The first-order valence-electron chi connectivity index (χ1n) is 11.5. The summed E-state index contributed by atoms with van der Waals surface area (Å²) in [5.41, 5.74) is 1.17. The highest BCUT2D eigenvalue weighted by Gasteiger charge is 2.40. The molecule has 0 spiro atoms. The van der Waals surface area contributed by atoms with Crippen LogP contribution in [0, 0.1) is 0 Å². The normalized spacial score (nSPS) is 20.0. The van der Waals surface area contributed by atoms with E-state index in [4.69, 9.17) is 28.4 Å². The minimum absolute atomic E-state index is 0.00229. The quantitative estimate of drug-likeness (QED) is 0.255. The highest BCUT2D eigenvalue weighted by molar-refractivity contribution is 6.76. The molecule has 188 valence electrons. The van der Waals surface area contributed by atoms with Gasteiger partial charge in [-0.05, 0) is 50.8 Å². The number of rotatable bonds is 13. The monoisotopic (exact) mass is 484 g/mol. The molecule has 0 saturated carbocycles. The maximum atomic E-state index is 13.1. The van der Waals surface area contributed by atoms with Gasteiger partial charge in [-0.15, -0.1) is 0 Å². The Balaban J connectivity index is 2.20. The van der Waals surface area contributed by atoms with Crippen molar-refractivity contribution in [3.05, 3.63) is 23.3 Å². The van der Waals surface area contributed by atoms with Crippen molar-refractivity contribution in [1.82, 2.24) is 0 Å². The molecule has 1 aliphatic rings. The van der Waals surface area contributed by atoms with Crippen LogP contribution >= 0.6 is 0 Å². The number of aryl methyl sites for hydroxylation is 1. The van der Waals surface area contributed by atoms with Gasteiger partial charge in [0, 0.05) is 21.3 Å². The van der Waals surface area contributed by atoms with Crippen molar-refractivity contribution in [3.8, 4) is 11.5 Å². The molecule has 1 saturated heterocycles. The Hall–Kier alpha value is -1.65. The van der Waals surface area contributed by atoms with E-state index < -0.39 is 19.8 Å². The fourth-order valence-electron chi connectivity index (χ4n) is 3.75. The SMILES string of the molecule is COCOc1cc(OC)cc(CCC[C@@H]2OC(C)(C)O[C@@H]2CO)c1C(=O)OCC[Si](C)(C)C. The predicted octanol–water partition coefficient (Wildman–Crippen LogP) is 4.01. The number of methoxy groups -OCH3 is 2. The van der Waals surface area contributed by atoms with E-state index in [-0.39, 0.29) is 25.6 Å². The molecule has 1 fully saturated rings. The van der Waals surface area contributed by atoms with E-state index in [1.165, 1.54) is 7.11 Å². The maximum Gasteiger partial charge on any atom is 0.342 e. The van der Waals surface area contributed by atoms with Gasteiger partial charge in [0.05, 0.1) is 26.4 Å². The molecule has 2 rings (SSSR count). The molecule has 0 unspecified atom stereocenters. The largest absolute Gasteiger partial charge is 0.497 e. The summed E-state index contributed by atoms with van der Waals surface area (Å²) in [6.45, 7) is 10.7. The molecule has 0 bridgehead atoms. The Morgan fingerprint density at radius 2 is 1.85 bits per heavy atom. The summed E-state index contributed by atoms with van der Waals surface area (Å²) < 4.78 is 33.5. The highest BCUT2D eigenvalue weighted by Crippen LogP contribution is 2.33. The summed E-state index contributed by atoms with van der Waals surface area (Å²) >= 11 is 0. The van der Waals surface area contributed by atoms with Crippen LogP contribution < -0.4 is 9.47 Å². The second kappa shape index (κ2) is 12.2. The number of benzene rings is 1. The van der Waals surface area contributed by atoms with Crippen molar-refractivity contribution in [2.75, 3.05) is 34.2 Å². The van der Waals surface area contributed by atoms with Crippen LogP contribution in [-0.4, -0.2) is 71.4 Å². The third-order valence-corrected chi connectivity index (χ3v) is 7.12. The number of esters is 1. The van der Waals surface area contributed by atoms with Gasteiger partial charge < -0.3 is 33.5 Å². The highest BCUT2D eigenvalue weighted by atomic mass is 28.3. The Kier molecular flexibility index (Phi) is 10.2. The zero-order valence-corrected chi connectivity index (χ0v) is 22.1. The van der Waals surface area contributed by atoms with Crippen molar-refractivity contribution in [1.29, 1.82) is 0 Å². The average Bonchev–Trinajstić information content (AvgIpc) is 3.04. The van der Waals surface area contributed by atoms with E-state index in [2.05, 4.69) is 19.6 Å². The predicted molar refractivity (Wildman–Crippen MR) is 128 cm³/mol. The Morgan fingerprint density at radius 3 is 2.45 bits per heavy atom. The van der Waals surface area contributed by atoms with Gasteiger partial charge >= 0.3 is 5.97 Å². The number of hydrogen-bond donors (Lipinski definition) is 1. The Labute approximate surface area is 198 Å². The standard InChI is InChI=1S/C24H40O8Si/c1-24(2)31-19(21(15-25)32-24)10-8-9-17-13-18(28-4)14-20(30-16-27-3)22(17)23(26)29-11-12-33(5,6)7/h13-14,19,21,25H,8-12,15-16H2,1-7H3/t19-,21+/m0/s1. The lowest BCUT2D eigenvalue weighted by Crippen LogP contribution is -2.26. The van der Waals surface area contributed by atoms with Gasteiger partial charge in [-0.2, -0.15) is 0 Å². The van der Waals surface area contributed by atoms with Crippen LogP contribution in [0.15, 0.2) is 12.1 Å². The number of aliphatic hydroxyl groups is 1. The molecule has 1 heterocycles. The minimum atomic E-state index is -1.34. The van der Waals surface area contributed by atoms with Crippen molar-refractivity contribution < 1.29 is 38.3 Å². The summed E-state index contributed by atoms with van der Waals surface area (Å²) in [6, 6.07) is 4.40. The zero-order valence-electron chi connectivity index (χ0n) is 21.1. The summed E-state index contributed by atoms with van der Waals surface area (Å²) in [5, 5.41) is 9.62. The molecule has 0 radical (unpaired) electrons. The summed E-state index contributed by atoms with van der Waals surface area (Å²) in [5.74, 6) is -0.170. The van der Waals surface area contributed by atoms with Gasteiger partial charge in [0.2, 0.25) is 0 Å². The average molecular weight is 485 g/mol.